The van der Waals surface area contributed by atoms with Crippen LogP contribution in [0, 0.1) is 0 Å². The molecule has 0 aromatic rings. The number of nitrogens with one attached hydrogen (secondary N) is 1. The zero-order valence-electron chi connectivity index (χ0n) is 44.4. The monoisotopic (exact) mass is 986 g/mol. The Labute approximate surface area is 426 Å². The summed E-state index contributed by atoms with van der Waals surface area (Å²) in [6.07, 6.45) is 48.0. The summed E-state index contributed by atoms with van der Waals surface area (Å²) in [7, 11) is 0. The van der Waals surface area contributed by atoms with Gasteiger partial charge < -0.3 is 45.1 Å². The number of aliphatic hydroxyl groups is 5. The van der Waals surface area contributed by atoms with Gasteiger partial charge in [-0.3, -0.25) is 9.59 Å². The molecule has 8 atom stereocenters. The van der Waals surface area contributed by atoms with E-state index in [0.29, 0.717) is 12.8 Å². The van der Waals surface area contributed by atoms with Gasteiger partial charge in [0.05, 0.1) is 25.4 Å². The van der Waals surface area contributed by atoms with Crippen LogP contribution in [-0.4, -0.2) is 99.6 Å². The molecule has 0 aromatic heterocycles. The van der Waals surface area contributed by atoms with Crippen LogP contribution in [-0.2, 0) is 23.8 Å². The molecule has 1 amide bonds. The molecule has 0 saturated carbocycles. The summed E-state index contributed by atoms with van der Waals surface area (Å²) in [4.78, 5) is 26.4. The average molecular weight is 986 g/mol. The summed E-state index contributed by atoms with van der Waals surface area (Å²) in [5.41, 5.74) is 0. The largest absolute Gasteiger partial charge is 0.454 e. The first kappa shape index (κ1) is 65.1. The van der Waals surface area contributed by atoms with Crippen LogP contribution in [0.15, 0.2) is 72.9 Å². The number of unbranched alkanes of at least 4 members (excludes halogenated alkanes) is 26. The molecule has 0 bridgehead atoms. The molecule has 1 heterocycles. The number of amides is 1. The number of rotatable bonds is 46. The van der Waals surface area contributed by atoms with Crippen molar-refractivity contribution in [3.05, 3.63) is 72.9 Å². The zero-order valence-corrected chi connectivity index (χ0v) is 44.4. The van der Waals surface area contributed by atoms with Crippen LogP contribution in [0.4, 0.5) is 0 Å². The number of aliphatic hydroxyl groups excluding tert-OH is 5. The van der Waals surface area contributed by atoms with Crippen LogP contribution in [0.2, 0.25) is 0 Å². The van der Waals surface area contributed by atoms with Gasteiger partial charge in [-0.1, -0.05) is 248 Å². The third-order valence-electron chi connectivity index (χ3n) is 13.0. The molecule has 6 N–H and O–H groups in total. The molecule has 404 valence electrons. The lowest BCUT2D eigenvalue weighted by Crippen LogP contribution is -2.61. The molecular weight excluding hydrogens is 883 g/mol. The van der Waals surface area contributed by atoms with Crippen molar-refractivity contribution in [2.75, 3.05) is 13.2 Å². The highest BCUT2D eigenvalue weighted by Gasteiger charge is 2.47. The molecule has 0 radical (unpaired) electrons. The van der Waals surface area contributed by atoms with Gasteiger partial charge in [0.1, 0.15) is 24.4 Å². The quantitative estimate of drug-likeness (QED) is 0.0149. The Morgan fingerprint density at radius 2 is 1.03 bits per heavy atom. The maximum atomic E-state index is 13.3. The third kappa shape index (κ3) is 35.3. The third-order valence-corrected chi connectivity index (χ3v) is 13.0. The minimum atomic E-state index is -1.62. The average Bonchev–Trinajstić information content (AvgIpc) is 3.36. The van der Waals surface area contributed by atoms with Crippen LogP contribution in [0.25, 0.3) is 0 Å². The second-order valence-corrected chi connectivity index (χ2v) is 19.4. The normalized spacial score (nSPS) is 20.3. The molecule has 8 unspecified atom stereocenters. The van der Waals surface area contributed by atoms with Crippen LogP contribution in [0.5, 0.6) is 0 Å². The van der Waals surface area contributed by atoms with Crippen LogP contribution in [0.1, 0.15) is 226 Å². The van der Waals surface area contributed by atoms with Crippen LogP contribution < -0.4 is 5.32 Å². The molecule has 70 heavy (non-hydrogen) atoms. The maximum absolute atomic E-state index is 13.3. The topological polar surface area (TPSA) is 175 Å². The predicted molar refractivity (Wildman–Crippen MR) is 287 cm³/mol. The predicted octanol–water partition coefficient (Wildman–Crippen LogP) is 12.4. The van der Waals surface area contributed by atoms with E-state index in [9.17, 15) is 35.1 Å². The Hall–Kier alpha value is -2.90. The van der Waals surface area contributed by atoms with Crippen LogP contribution in [0.3, 0.4) is 0 Å². The van der Waals surface area contributed by atoms with E-state index in [2.05, 4.69) is 32.2 Å². The molecule has 1 rings (SSSR count). The molecule has 1 fully saturated rings. The number of ether oxygens (including phenoxy) is 3. The molecule has 11 nitrogen and oxygen atoms in total. The number of hydrogen-bond donors (Lipinski definition) is 6. The Morgan fingerprint density at radius 1 is 0.571 bits per heavy atom. The molecule has 1 saturated heterocycles. The van der Waals surface area contributed by atoms with Crippen molar-refractivity contribution in [3.63, 3.8) is 0 Å². The van der Waals surface area contributed by atoms with Crippen molar-refractivity contribution >= 4 is 11.9 Å². The van der Waals surface area contributed by atoms with Gasteiger partial charge in [-0.05, 0) is 44.9 Å². The van der Waals surface area contributed by atoms with E-state index in [1.165, 1.54) is 116 Å². The smallest absolute Gasteiger partial charge is 0.306 e. The van der Waals surface area contributed by atoms with Gasteiger partial charge in [0.15, 0.2) is 12.4 Å². The van der Waals surface area contributed by atoms with Crippen LogP contribution >= 0.6 is 0 Å². The first-order chi connectivity index (χ1) is 34.2. The molecule has 11 heteroatoms. The number of hydrogen-bond acceptors (Lipinski definition) is 10. The second kappa shape index (κ2) is 47.1. The van der Waals surface area contributed by atoms with Crippen molar-refractivity contribution in [2.24, 2.45) is 0 Å². The Balaban J connectivity index is 2.79. The van der Waals surface area contributed by atoms with Gasteiger partial charge in [-0.15, -0.1) is 0 Å². The van der Waals surface area contributed by atoms with Gasteiger partial charge in [-0.2, -0.15) is 0 Å². The summed E-state index contributed by atoms with van der Waals surface area (Å²) >= 11 is 0. The molecule has 0 spiro atoms. The lowest BCUT2D eigenvalue weighted by molar-refractivity contribution is -0.305. The van der Waals surface area contributed by atoms with E-state index in [0.717, 1.165) is 64.2 Å². The summed E-state index contributed by atoms with van der Waals surface area (Å²) < 4.78 is 17.5. The van der Waals surface area contributed by atoms with E-state index < -0.39 is 67.4 Å². The molecule has 1 aliphatic rings. The molecule has 0 aliphatic carbocycles. The van der Waals surface area contributed by atoms with Crippen molar-refractivity contribution in [3.8, 4) is 0 Å². The van der Waals surface area contributed by atoms with Gasteiger partial charge in [0, 0.05) is 6.42 Å². The number of carbonyl (C=O) groups is 2. The summed E-state index contributed by atoms with van der Waals surface area (Å²) in [6.45, 7) is 5.60. The highest BCUT2D eigenvalue weighted by molar-refractivity contribution is 5.80. The fourth-order valence-corrected chi connectivity index (χ4v) is 8.50. The van der Waals surface area contributed by atoms with E-state index in [4.69, 9.17) is 14.2 Å². The molecule has 1 aliphatic heterocycles. The summed E-state index contributed by atoms with van der Waals surface area (Å²) in [5.74, 6) is -1.24. The highest BCUT2D eigenvalue weighted by Crippen LogP contribution is 2.26. The van der Waals surface area contributed by atoms with Crippen molar-refractivity contribution in [1.29, 1.82) is 0 Å². The Kier molecular flexibility index (Phi) is 43.8. The fraction of sp³-hybridized carbons (Fsp3) is 0.763. The van der Waals surface area contributed by atoms with E-state index >= 15 is 0 Å². The SMILES string of the molecule is CC/C=C/C=C/C=C\C=C/C=C/CCCCC(O)C(=O)NC(COC1OC(CO)C(O)C(O)C1OC(=O)CCCCCCCCCCCCCCCC)C(O)/C=C/CCCCCCCCCCCCC. The van der Waals surface area contributed by atoms with E-state index in [-0.39, 0.29) is 19.4 Å². The number of carbonyl (C=O) groups excluding carboxylic acids is 2. The van der Waals surface area contributed by atoms with Crippen molar-refractivity contribution < 1.29 is 49.3 Å². The van der Waals surface area contributed by atoms with Crippen molar-refractivity contribution in [1.82, 2.24) is 5.32 Å². The lowest BCUT2D eigenvalue weighted by Gasteiger charge is -2.41. The van der Waals surface area contributed by atoms with Crippen molar-refractivity contribution in [2.45, 2.75) is 275 Å². The molecular formula is C59H103NO10. The fourth-order valence-electron chi connectivity index (χ4n) is 8.50. The zero-order chi connectivity index (χ0) is 51.1. The van der Waals surface area contributed by atoms with E-state index in [1.807, 2.05) is 60.8 Å². The first-order valence-corrected chi connectivity index (χ1v) is 28.3. The molecule has 0 aromatic carbocycles. The van der Waals surface area contributed by atoms with E-state index in [1.54, 1.807) is 6.08 Å². The highest BCUT2D eigenvalue weighted by atomic mass is 16.7. The maximum Gasteiger partial charge on any atom is 0.306 e. The summed E-state index contributed by atoms with van der Waals surface area (Å²) in [5, 5.41) is 56.7. The lowest BCUT2D eigenvalue weighted by atomic mass is 9.99. The number of allylic oxidation sites excluding steroid dienone is 11. The Morgan fingerprint density at radius 3 is 1.54 bits per heavy atom. The minimum Gasteiger partial charge on any atom is -0.454 e. The van der Waals surface area contributed by atoms with Gasteiger partial charge in [-0.25, -0.2) is 0 Å². The van der Waals surface area contributed by atoms with Gasteiger partial charge in [0.2, 0.25) is 5.91 Å². The first-order valence-electron chi connectivity index (χ1n) is 28.3. The van der Waals surface area contributed by atoms with Gasteiger partial charge in [0.25, 0.3) is 0 Å². The Bertz CT molecular complexity index is 1410. The minimum absolute atomic E-state index is 0.118. The number of esters is 1. The van der Waals surface area contributed by atoms with Gasteiger partial charge >= 0.3 is 5.97 Å². The second-order valence-electron chi connectivity index (χ2n) is 19.4. The standard InChI is InChI=1S/C59H103NO10/c1-4-7-10-13-16-19-22-25-28-31-34-37-40-43-46-52(63)58(67)60-50(51(62)45-42-39-36-33-30-27-24-21-18-15-12-9-6-3)49-68-59-57(56(66)55(65)53(48-61)69-59)70-54(64)47-44-41-38-35-32-29-26-23-20-17-14-11-8-5-2/h7,10,13,16,19,22,25,28,31,34,42,45,50-53,55-57,59,61-63,65-66H,4-6,8-9,11-12,14-15,17-18,20-21,23-24,26-27,29-30,32-33,35-41,43-44,46-49H2,1-3H3,(H,60,67)/b10-7+,16-13+,22-19-,28-25-,34-31+,45-42+. The summed E-state index contributed by atoms with van der Waals surface area (Å²) in [6, 6.07) is -1.05.